The molecular weight excluding hydrogens is 504 g/mol. The van der Waals surface area contributed by atoms with Gasteiger partial charge in [-0.25, -0.2) is 9.59 Å². The van der Waals surface area contributed by atoms with Gasteiger partial charge in [0.25, 0.3) is 0 Å². The van der Waals surface area contributed by atoms with Crippen molar-refractivity contribution in [2.45, 2.75) is 105 Å². The minimum absolute atomic E-state index is 0.324. The first-order chi connectivity index (χ1) is 19.4. The standard InChI is InChI=1S/C34H46O6/c1-5-7-9-11-13-15-21-37-33(35)39-31-27-19-17-25(3)23-29(27)32(30-24-26(4)18-20-28(30)31)40-34(36)38-22-16-14-12-10-8-6-2/h17-20,23-24H,5-16,21-22H2,1-4H3. The average molecular weight is 551 g/mol. The van der Waals surface area contributed by atoms with Gasteiger partial charge >= 0.3 is 12.3 Å². The first-order valence-corrected chi connectivity index (χ1v) is 15.1. The fraction of sp³-hybridized carbons (Fsp3) is 0.529. The van der Waals surface area contributed by atoms with Crippen molar-refractivity contribution < 1.29 is 28.5 Å². The molecule has 0 aliphatic carbocycles. The monoisotopic (exact) mass is 550 g/mol. The van der Waals surface area contributed by atoms with Crippen LogP contribution in [0.25, 0.3) is 21.5 Å². The highest BCUT2D eigenvalue weighted by atomic mass is 16.7. The van der Waals surface area contributed by atoms with Gasteiger partial charge in [0.2, 0.25) is 0 Å². The van der Waals surface area contributed by atoms with E-state index in [0.29, 0.717) is 46.3 Å². The third-order valence-electron chi connectivity index (χ3n) is 7.14. The number of benzene rings is 3. The van der Waals surface area contributed by atoms with Crippen molar-refractivity contribution in [3.8, 4) is 11.5 Å². The molecule has 6 heteroatoms. The maximum absolute atomic E-state index is 12.7. The van der Waals surface area contributed by atoms with Crippen molar-refractivity contribution >= 4 is 33.9 Å². The Kier molecular flexibility index (Phi) is 13.1. The third-order valence-corrected chi connectivity index (χ3v) is 7.14. The van der Waals surface area contributed by atoms with E-state index in [1.807, 2.05) is 50.2 Å². The lowest BCUT2D eigenvalue weighted by Crippen LogP contribution is -2.14. The molecule has 218 valence electrons. The molecule has 0 atom stereocenters. The van der Waals surface area contributed by atoms with Crippen LogP contribution in [0.4, 0.5) is 9.59 Å². The number of unbranched alkanes of at least 4 members (excludes halogenated alkanes) is 10. The zero-order valence-corrected chi connectivity index (χ0v) is 24.8. The lowest BCUT2D eigenvalue weighted by atomic mass is 9.98. The molecule has 0 unspecified atom stereocenters. The summed E-state index contributed by atoms with van der Waals surface area (Å²) in [5.74, 6) is 0.795. The van der Waals surface area contributed by atoms with Crippen LogP contribution in [0.3, 0.4) is 0 Å². The number of aryl methyl sites for hydroxylation is 2. The molecule has 0 N–H and O–H groups in total. The molecule has 3 aromatic rings. The summed E-state index contributed by atoms with van der Waals surface area (Å²) in [6, 6.07) is 11.5. The molecular formula is C34H46O6. The van der Waals surface area contributed by atoms with Gasteiger partial charge in [-0.3, -0.25) is 0 Å². The van der Waals surface area contributed by atoms with Crippen LogP contribution in [0.2, 0.25) is 0 Å². The van der Waals surface area contributed by atoms with Gasteiger partial charge in [-0.15, -0.1) is 0 Å². The predicted octanol–water partition coefficient (Wildman–Crippen LogP) is 10.4. The number of carbonyl (C=O) groups is 2. The van der Waals surface area contributed by atoms with E-state index in [9.17, 15) is 9.59 Å². The van der Waals surface area contributed by atoms with Gasteiger partial charge in [0.1, 0.15) is 11.5 Å². The van der Waals surface area contributed by atoms with Crippen LogP contribution in [-0.2, 0) is 9.47 Å². The van der Waals surface area contributed by atoms with Crippen LogP contribution in [0, 0.1) is 13.8 Å². The Labute approximate surface area is 239 Å². The van der Waals surface area contributed by atoms with Crippen LogP contribution in [-0.4, -0.2) is 25.5 Å². The second-order valence-electron chi connectivity index (χ2n) is 10.7. The summed E-state index contributed by atoms with van der Waals surface area (Å²) in [4.78, 5) is 25.5. The summed E-state index contributed by atoms with van der Waals surface area (Å²) in [6.07, 6.45) is 11.8. The molecule has 3 aromatic carbocycles. The normalized spacial score (nSPS) is 11.1. The molecule has 0 amide bonds. The molecule has 0 bridgehead atoms. The summed E-state index contributed by atoms with van der Waals surface area (Å²) >= 11 is 0. The summed E-state index contributed by atoms with van der Waals surface area (Å²) in [7, 11) is 0. The van der Waals surface area contributed by atoms with E-state index in [0.717, 1.165) is 49.7 Å². The molecule has 0 aliphatic rings. The van der Waals surface area contributed by atoms with Gasteiger partial charge in [-0.05, 0) is 38.8 Å². The number of carbonyl (C=O) groups excluding carboxylic acids is 2. The SMILES string of the molecule is CCCCCCCCOC(=O)Oc1c2ccc(C)cc2c(OC(=O)OCCCCCCCC)c2cc(C)ccc12. The van der Waals surface area contributed by atoms with Crippen LogP contribution in [0.15, 0.2) is 36.4 Å². The molecule has 40 heavy (non-hydrogen) atoms. The fourth-order valence-electron chi connectivity index (χ4n) is 4.90. The predicted molar refractivity (Wildman–Crippen MR) is 162 cm³/mol. The Morgan fingerprint density at radius 2 is 0.900 bits per heavy atom. The number of ether oxygens (including phenoxy) is 4. The highest BCUT2D eigenvalue weighted by Gasteiger charge is 2.21. The molecule has 0 fully saturated rings. The highest BCUT2D eigenvalue weighted by Crippen LogP contribution is 2.43. The largest absolute Gasteiger partial charge is 0.513 e. The van der Waals surface area contributed by atoms with Crippen molar-refractivity contribution in [3.63, 3.8) is 0 Å². The van der Waals surface area contributed by atoms with E-state index in [1.165, 1.54) is 38.5 Å². The molecule has 6 nitrogen and oxygen atoms in total. The van der Waals surface area contributed by atoms with E-state index < -0.39 is 12.3 Å². The molecule has 3 rings (SSSR count). The molecule has 0 heterocycles. The minimum atomic E-state index is -0.732. The molecule has 0 aromatic heterocycles. The Balaban J connectivity index is 1.78. The summed E-state index contributed by atoms with van der Waals surface area (Å²) in [5, 5.41) is 2.68. The molecule has 0 radical (unpaired) electrons. The van der Waals surface area contributed by atoms with Crippen LogP contribution in [0.1, 0.15) is 102 Å². The van der Waals surface area contributed by atoms with E-state index in [2.05, 4.69) is 13.8 Å². The van der Waals surface area contributed by atoms with Crippen molar-refractivity contribution in [3.05, 3.63) is 47.5 Å². The van der Waals surface area contributed by atoms with Gasteiger partial charge < -0.3 is 18.9 Å². The lowest BCUT2D eigenvalue weighted by molar-refractivity contribution is 0.0965. The van der Waals surface area contributed by atoms with Gasteiger partial charge in [-0.2, -0.15) is 0 Å². The number of rotatable bonds is 16. The topological polar surface area (TPSA) is 71.1 Å². The first kappa shape index (κ1) is 31.3. The van der Waals surface area contributed by atoms with Crippen LogP contribution >= 0.6 is 0 Å². The van der Waals surface area contributed by atoms with E-state index in [-0.39, 0.29) is 0 Å². The maximum Gasteiger partial charge on any atom is 0.513 e. The molecule has 0 spiro atoms. The van der Waals surface area contributed by atoms with E-state index in [1.54, 1.807) is 0 Å². The average Bonchev–Trinajstić information content (AvgIpc) is 2.93. The summed E-state index contributed by atoms with van der Waals surface area (Å²) in [6.45, 7) is 8.97. The Hall–Kier alpha value is -3.28. The quantitative estimate of drug-likeness (QED) is 0.0764. The second kappa shape index (κ2) is 16.7. The summed E-state index contributed by atoms with van der Waals surface area (Å²) in [5.41, 5.74) is 1.97. The first-order valence-electron chi connectivity index (χ1n) is 15.1. The molecule has 0 saturated heterocycles. The van der Waals surface area contributed by atoms with Crippen molar-refractivity contribution in [1.29, 1.82) is 0 Å². The van der Waals surface area contributed by atoms with Crippen molar-refractivity contribution in [1.82, 2.24) is 0 Å². The fourth-order valence-corrected chi connectivity index (χ4v) is 4.90. The number of hydrogen-bond acceptors (Lipinski definition) is 6. The smallest absolute Gasteiger partial charge is 0.434 e. The minimum Gasteiger partial charge on any atom is -0.434 e. The Morgan fingerprint density at radius 1 is 0.525 bits per heavy atom. The lowest BCUT2D eigenvalue weighted by Gasteiger charge is -2.17. The third kappa shape index (κ3) is 9.42. The number of fused-ring (bicyclic) bond motifs is 2. The molecule has 0 aliphatic heterocycles. The Morgan fingerprint density at radius 3 is 1.32 bits per heavy atom. The van der Waals surface area contributed by atoms with Crippen molar-refractivity contribution in [2.75, 3.05) is 13.2 Å². The molecule has 0 saturated carbocycles. The van der Waals surface area contributed by atoms with E-state index >= 15 is 0 Å². The highest BCUT2D eigenvalue weighted by molar-refractivity contribution is 6.12. The van der Waals surface area contributed by atoms with Gasteiger partial charge in [0.15, 0.2) is 0 Å². The number of hydrogen-bond donors (Lipinski definition) is 0. The van der Waals surface area contributed by atoms with Gasteiger partial charge in [0, 0.05) is 21.5 Å². The Bertz CT molecular complexity index is 1190. The van der Waals surface area contributed by atoms with Gasteiger partial charge in [-0.1, -0.05) is 113 Å². The zero-order valence-electron chi connectivity index (χ0n) is 24.8. The van der Waals surface area contributed by atoms with Crippen LogP contribution in [0.5, 0.6) is 11.5 Å². The van der Waals surface area contributed by atoms with Gasteiger partial charge in [0.05, 0.1) is 13.2 Å². The maximum atomic E-state index is 12.7. The summed E-state index contributed by atoms with van der Waals surface area (Å²) < 4.78 is 22.5. The van der Waals surface area contributed by atoms with E-state index in [4.69, 9.17) is 18.9 Å². The second-order valence-corrected chi connectivity index (χ2v) is 10.7. The zero-order chi connectivity index (χ0) is 28.7. The van der Waals surface area contributed by atoms with Crippen LogP contribution < -0.4 is 9.47 Å². The van der Waals surface area contributed by atoms with Crippen molar-refractivity contribution in [2.24, 2.45) is 0 Å².